The van der Waals surface area contributed by atoms with Crippen LogP contribution in [0.5, 0.6) is 0 Å². The first kappa shape index (κ1) is 21.2. The molecule has 31 heavy (non-hydrogen) atoms. The summed E-state index contributed by atoms with van der Waals surface area (Å²) in [4.78, 5) is 17.3. The van der Waals surface area contributed by atoms with Crippen LogP contribution in [-0.4, -0.2) is 20.4 Å². The number of benzene rings is 2. The minimum atomic E-state index is -1.32. The van der Waals surface area contributed by atoms with Crippen LogP contribution >= 0.6 is 0 Å². The number of rotatable bonds is 8. The second-order valence-electron chi connectivity index (χ2n) is 8.65. The van der Waals surface area contributed by atoms with Crippen molar-refractivity contribution in [3.63, 3.8) is 0 Å². The van der Waals surface area contributed by atoms with Gasteiger partial charge in [-0.3, -0.25) is 4.79 Å². The molecule has 0 bridgehead atoms. The molecule has 5 nitrogen and oxygen atoms in total. The highest BCUT2D eigenvalue weighted by Gasteiger charge is 2.27. The molecular formula is C25H26FN3O2. The summed E-state index contributed by atoms with van der Waals surface area (Å²) in [5, 5.41) is 19.9. The first-order valence-corrected chi connectivity index (χ1v) is 10.8. The number of hydrogen-bond donors (Lipinski definition) is 1. The molecule has 3 aromatic rings. The SMILES string of the molecule is C[C@@](O)(CC(=O)CCCc1nc2ccc(C#N)cc2n1C1CCC1)c1ccc(F)cc1. The summed E-state index contributed by atoms with van der Waals surface area (Å²) in [6.07, 6.45) is 5.04. The number of aromatic nitrogens is 2. The molecule has 1 N–H and O–H groups in total. The molecule has 1 aliphatic carbocycles. The summed E-state index contributed by atoms with van der Waals surface area (Å²) in [6.45, 7) is 1.58. The van der Waals surface area contributed by atoms with Crippen molar-refractivity contribution < 1.29 is 14.3 Å². The normalized spacial score (nSPS) is 15.9. The molecule has 1 aliphatic rings. The number of ketones is 1. The average Bonchev–Trinajstić information content (AvgIpc) is 3.04. The molecule has 0 aliphatic heterocycles. The minimum absolute atomic E-state index is 0.0107. The summed E-state index contributed by atoms with van der Waals surface area (Å²) in [5.74, 6) is 0.544. The number of halogens is 1. The van der Waals surface area contributed by atoms with Crippen LogP contribution in [0.1, 0.15) is 68.4 Å². The Labute approximate surface area is 181 Å². The number of fused-ring (bicyclic) bond motifs is 1. The van der Waals surface area contributed by atoms with Gasteiger partial charge in [0.05, 0.1) is 28.3 Å². The van der Waals surface area contributed by atoms with Gasteiger partial charge in [-0.25, -0.2) is 9.37 Å². The predicted molar refractivity (Wildman–Crippen MR) is 116 cm³/mol. The smallest absolute Gasteiger partial charge is 0.136 e. The molecule has 0 amide bonds. The molecule has 0 spiro atoms. The van der Waals surface area contributed by atoms with Crippen LogP contribution in [0, 0.1) is 17.1 Å². The third kappa shape index (κ3) is 4.52. The number of nitriles is 1. The van der Waals surface area contributed by atoms with Crippen LogP contribution in [0.25, 0.3) is 11.0 Å². The number of aryl methyl sites for hydroxylation is 1. The Morgan fingerprint density at radius 1 is 1.29 bits per heavy atom. The molecule has 0 radical (unpaired) electrons. The van der Waals surface area contributed by atoms with Crippen LogP contribution in [-0.2, 0) is 16.8 Å². The highest BCUT2D eigenvalue weighted by atomic mass is 19.1. The van der Waals surface area contributed by atoms with Gasteiger partial charge in [0, 0.05) is 25.3 Å². The predicted octanol–water partition coefficient (Wildman–Crippen LogP) is 4.96. The van der Waals surface area contributed by atoms with E-state index < -0.39 is 5.60 Å². The van der Waals surface area contributed by atoms with Gasteiger partial charge in [0.25, 0.3) is 0 Å². The van der Waals surface area contributed by atoms with E-state index in [1.807, 2.05) is 12.1 Å². The van der Waals surface area contributed by atoms with E-state index in [2.05, 4.69) is 10.6 Å². The first-order chi connectivity index (χ1) is 14.9. The summed E-state index contributed by atoms with van der Waals surface area (Å²) >= 11 is 0. The van der Waals surface area contributed by atoms with E-state index in [1.54, 1.807) is 13.0 Å². The van der Waals surface area contributed by atoms with Crippen LogP contribution in [0.4, 0.5) is 4.39 Å². The fraction of sp³-hybridized carbons (Fsp3) is 0.400. The number of imidazole rings is 1. The Balaban J connectivity index is 1.43. The van der Waals surface area contributed by atoms with E-state index >= 15 is 0 Å². The lowest BCUT2D eigenvalue weighted by Gasteiger charge is -2.29. The monoisotopic (exact) mass is 419 g/mol. The summed E-state index contributed by atoms with van der Waals surface area (Å²) in [5.41, 5.74) is 1.70. The van der Waals surface area contributed by atoms with Crippen molar-refractivity contribution in [3.8, 4) is 6.07 Å². The lowest BCUT2D eigenvalue weighted by Crippen LogP contribution is -2.25. The Kier molecular flexibility index (Phi) is 5.88. The Hall–Kier alpha value is -3.04. The molecule has 160 valence electrons. The molecule has 4 rings (SSSR count). The molecular weight excluding hydrogens is 393 g/mol. The minimum Gasteiger partial charge on any atom is -0.385 e. The van der Waals surface area contributed by atoms with Gasteiger partial charge in [0.1, 0.15) is 17.4 Å². The van der Waals surface area contributed by atoms with Crippen molar-refractivity contribution in [2.24, 2.45) is 0 Å². The average molecular weight is 420 g/mol. The third-order valence-electron chi connectivity index (χ3n) is 6.19. The van der Waals surface area contributed by atoms with Crippen LogP contribution in [0.3, 0.4) is 0 Å². The summed E-state index contributed by atoms with van der Waals surface area (Å²) in [6, 6.07) is 13.8. The maximum Gasteiger partial charge on any atom is 0.136 e. The largest absolute Gasteiger partial charge is 0.385 e. The van der Waals surface area contributed by atoms with Crippen LogP contribution in [0.2, 0.25) is 0 Å². The standard InChI is InChI=1S/C25H26FN3O2/c1-25(31,18-9-11-19(26)12-10-18)15-21(30)6-3-7-24-28-22-13-8-17(16-27)14-23(22)29(24)20-4-2-5-20/h8-14,20,31H,2-7,15H2,1H3/t25-/m1/s1. The Bertz CT molecular complexity index is 1140. The Morgan fingerprint density at radius 3 is 2.68 bits per heavy atom. The molecule has 1 atom stereocenters. The van der Waals surface area contributed by atoms with Crippen LogP contribution in [0.15, 0.2) is 42.5 Å². The molecule has 0 saturated heterocycles. The van der Waals surface area contributed by atoms with Gasteiger partial charge >= 0.3 is 0 Å². The molecule has 1 aromatic heterocycles. The van der Waals surface area contributed by atoms with Gasteiger partial charge in [-0.1, -0.05) is 12.1 Å². The molecule has 1 heterocycles. The lowest BCUT2D eigenvalue weighted by molar-refractivity contribution is -0.123. The lowest BCUT2D eigenvalue weighted by atomic mass is 9.89. The zero-order valence-corrected chi connectivity index (χ0v) is 17.6. The quantitative estimate of drug-likeness (QED) is 0.560. The summed E-state index contributed by atoms with van der Waals surface area (Å²) in [7, 11) is 0. The topological polar surface area (TPSA) is 78.9 Å². The number of nitrogens with zero attached hydrogens (tertiary/aromatic N) is 3. The number of aliphatic hydroxyl groups is 1. The molecule has 2 aromatic carbocycles. The number of carbonyl (C=O) groups is 1. The molecule has 6 heteroatoms. The van der Waals surface area contributed by atoms with Crippen LogP contribution < -0.4 is 0 Å². The van der Waals surface area contributed by atoms with Crippen molar-refractivity contribution in [1.29, 1.82) is 5.26 Å². The number of carbonyl (C=O) groups excluding carboxylic acids is 1. The second-order valence-corrected chi connectivity index (χ2v) is 8.65. The van der Waals surface area contributed by atoms with E-state index in [1.165, 1.54) is 30.7 Å². The Morgan fingerprint density at radius 2 is 2.03 bits per heavy atom. The van der Waals surface area contributed by atoms with Gasteiger partial charge < -0.3 is 9.67 Å². The van der Waals surface area contributed by atoms with Crippen molar-refractivity contribution >= 4 is 16.8 Å². The maximum atomic E-state index is 13.1. The second kappa shape index (κ2) is 8.60. The maximum absolute atomic E-state index is 13.1. The van der Waals surface area contributed by atoms with Crippen molar-refractivity contribution in [2.45, 2.75) is 63.5 Å². The zero-order chi connectivity index (χ0) is 22.0. The fourth-order valence-electron chi connectivity index (χ4n) is 4.27. The highest BCUT2D eigenvalue weighted by molar-refractivity contribution is 5.80. The number of Topliss-reactive ketones (excluding diaryl/α,β-unsaturated/α-hetero) is 1. The van der Waals surface area contributed by atoms with Crippen molar-refractivity contribution in [2.75, 3.05) is 0 Å². The van der Waals surface area contributed by atoms with Gasteiger partial charge in [0.15, 0.2) is 0 Å². The van der Waals surface area contributed by atoms with E-state index in [9.17, 15) is 19.6 Å². The van der Waals surface area contributed by atoms with Crippen molar-refractivity contribution in [1.82, 2.24) is 9.55 Å². The summed E-state index contributed by atoms with van der Waals surface area (Å²) < 4.78 is 15.4. The first-order valence-electron chi connectivity index (χ1n) is 10.8. The van der Waals surface area contributed by atoms with E-state index in [-0.39, 0.29) is 18.0 Å². The van der Waals surface area contributed by atoms with Gasteiger partial charge in [-0.05, 0) is 68.5 Å². The third-order valence-corrected chi connectivity index (χ3v) is 6.19. The number of hydrogen-bond acceptors (Lipinski definition) is 4. The van der Waals surface area contributed by atoms with E-state index in [4.69, 9.17) is 4.98 Å². The van der Waals surface area contributed by atoms with Gasteiger partial charge in [-0.15, -0.1) is 0 Å². The molecule has 0 unspecified atom stereocenters. The highest BCUT2D eigenvalue weighted by Crippen LogP contribution is 2.36. The van der Waals surface area contributed by atoms with Gasteiger partial charge in [-0.2, -0.15) is 5.26 Å². The zero-order valence-electron chi connectivity index (χ0n) is 17.6. The molecule has 1 fully saturated rings. The van der Waals surface area contributed by atoms with E-state index in [0.717, 1.165) is 29.7 Å². The molecule has 1 saturated carbocycles. The van der Waals surface area contributed by atoms with Gasteiger partial charge in [0.2, 0.25) is 0 Å². The van der Waals surface area contributed by atoms with E-state index in [0.29, 0.717) is 36.4 Å². The fourth-order valence-corrected chi connectivity index (χ4v) is 4.27. The van der Waals surface area contributed by atoms with Crippen molar-refractivity contribution in [3.05, 3.63) is 65.2 Å².